The molecule has 1 aliphatic rings. The summed E-state index contributed by atoms with van der Waals surface area (Å²) in [6, 6.07) is 0.553. The standard InChI is InChI=1S/C8H15IN2S/c1-7(2)11-6-5-10(4-3-9)8(11)12/h7H,3-6H2,1-2H3. The SMILES string of the molecule is CC(C)N1CCN(CCI)C1=S. The number of rotatable bonds is 3. The highest BCUT2D eigenvalue weighted by atomic mass is 127. The minimum absolute atomic E-state index is 0.553. The van der Waals surface area contributed by atoms with Gasteiger partial charge in [-0.1, -0.05) is 22.6 Å². The summed E-state index contributed by atoms with van der Waals surface area (Å²) >= 11 is 7.74. The zero-order chi connectivity index (χ0) is 9.14. The lowest BCUT2D eigenvalue weighted by Gasteiger charge is -2.24. The van der Waals surface area contributed by atoms with Crippen molar-refractivity contribution < 1.29 is 0 Å². The second-order valence-electron chi connectivity index (χ2n) is 3.25. The number of nitrogens with zero attached hydrogens (tertiary/aromatic N) is 2. The molecule has 0 spiro atoms. The first-order chi connectivity index (χ1) is 5.66. The van der Waals surface area contributed by atoms with Crippen LogP contribution in [0.3, 0.4) is 0 Å². The summed E-state index contributed by atoms with van der Waals surface area (Å²) in [7, 11) is 0. The molecule has 1 aliphatic heterocycles. The lowest BCUT2D eigenvalue weighted by molar-refractivity contribution is 0.389. The quantitative estimate of drug-likeness (QED) is 0.445. The summed E-state index contributed by atoms with van der Waals surface area (Å²) in [6.07, 6.45) is 0. The maximum atomic E-state index is 5.35. The minimum atomic E-state index is 0.553. The first-order valence-corrected chi connectivity index (χ1v) is 6.21. The van der Waals surface area contributed by atoms with Crippen molar-refractivity contribution >= 4 is 39.9 Å². The highest BCUT2D eigenvalue weighted by Gasteiger charge is 2.25. The Labute approximate surface area is 93.4 Å². The fourth-order valence-electron chi connectivity index (χ4n) is 1.39. The monoisotopic (exact) mass is 298 g/mol. The second kappa shape index (κ2) is 4.60. The molecule has 0 unspecified atom stereocenters. The van der Waals surface area contributed by atoms with Gasteiger partial charge in [0.05, 0.1) is 0 Å². The molecule has 0 aromatic carbocycles. The van der Waals surface area contributed by atoms with Gasteiger partial charge in [-0.3, -0.25) is 0 Å². The molecule has 0 aliphatic carbocycles. The lowest BCUT2D eigenvalue weighted by Crippen LogP contribution is -2.36. The zero-order valence-electron chi connectivity index (χ0n) is 7.59. The van der Waals surface area contributed by atoms with Gasteiger partial charge in [-0.05, 0) is 26.1 Å². The molecule has 4 heteroatoms. The summed E-state index contributed by atoms with van der Waals surface area (Å²) in [5.41, 5.74) is 0. The molecule has 1 heterocycles. The molecule has 70 valence electrons. The second-order valence-corrected chi connectivity index (χ2v) is 4.69. The van der Waals surface area contributed by atoms with E-state index in [1.807, 2.05) is 0 Å². The normalized spacial score (nSPS) is 18.2. The molecular formula is C8H15IN2S. The van der Waals surface area contributed by atoms with Crippen LogP contribution in [0.2, 0.25) is 0 Å². The maximum Gasteiger partial charge on any atom is 0.171 e. The minimum Gasteiger partial charge on any atom is -0.347 e. The van der Waals surface area contributed by atoms with Crippen molar-refractivity contribution in [2.75, 3.05) is 24.1 Å². The van der Waals surface area contributed by atoms with Gasteiger partial charge in [0.1, 0.15) is 0 Å². The molecule has 2 nitrogen and oxygen atoms in total. The van der Waals surface area contributed by atoms with E-state index in [1.165, 1.54) is 0 Å². The highest BCUT2D eigenvalue weighted by molar-refractivity contribution is 14.1. The third-order valence-corrected chi connectivity index (χ3v) is 3.08. The molecule has 0 N–H and O–H groups in total. The van der Waals surface area contributed by atoms with Crippen LogP contribution in [0.25, 0.3) is 0 Å². The van der Waals surface area contributed by atoms with E-state index in [4.69, 9.17) is 12.2 Å². The van der Waals surface area contributed by atoms with Gasteiger partial charge in [0.2, 0.25) is 0 Å². The Bertz CT molecular complexity index is 172. The maximum absolute atomic E-state index is 5.35. The van der Waals surface area contributed by atoms with Gasteiger partial charge in [0, 0.05) is 30.1 Å². The van der Waals surface area contributed by atoms with E-state index in [0.717, 1.165) is 29.2 Å². The van der Waals surface area contributed by atoms with Gasteiger partial charge in [-0.15, -0.1) is 0 Å². The van der Waals surface area contributed by atoms with E-state index < -0.39 is 0 Å². The van der Waals surface area contributed by atoms with Crippen molar-refractivity contribution in [2.24, 2.45) is 0 Å². The van der Waals surface area contributed by atoms with Crippen molar-refractivity contribution in [1.29, 1.82) is 0 Å². The summed E-state index contributed by atoms with van der Waals surface area (Å²) in [6.45, 7) is 7.70. The van der Waals surface area contributed by atoms with Crippen molar-refractivity contribution in [3.05, 3.63) is 0 Å². The Morgan fingerprint density at radius 2 is 2.17 bits per heavy atom. The van der Waals surface area contributed by atoms with Gasteiger partial charge in [0.25, 0.3) is 0 Å². The van der Waals surface area contributed by atoms with E-state index in [-0.39, 0.29) is 0 Å². The predicted molar refractivity (Wildman–Crippen MR) is 64.9 cm³/mol. The van der Waals surface area contributed by atoms with Crippen molar-refractivity contribution in [1.82, 2.24) is 9.80 Å². The van der Waals surface area contributed by atoms with Crippen LogP contribution < -0.4 is 0 Å². The molecule has 1 saturated heterocycles. The van der Waals surface area contributed by atoms with Crippen LogP contribution in [0.15, 0.2) is 0 Å². The van der Waals surface area contributed by atoms with Crippen LogP contribution >= 0.6 is 34.8 Å². The van der Waals surface area contributed by atoms with E-state index >= 15 is 0 Å². The summed E-state index contributed by atoms with van der Waals surface area (Å²) in [5, 5.41) is 1.04. The zero-order valence-corrected chi connectivity index (χ0v) is 10.6. The molecule has 0 bridgehead atoms. The number of halogens is 1. The molecule has 0 aromatic heterocycles. The van der Waals surface area contributed by atoms with Crippen LogP contribution in [0, 0.1) is 0 Å². The van der Waals surface area contributed by atoms with E-state index in [9.17, 15) is 0 Å². The largest absolute Gasteiger partial charge is 0.347 e. The van der Waals surface area contributed by atoms with Crippen LogP contribution in [0.1, 0.15) is 13.8 Å². The fourth-order valence-corrected chi connectivity index (χ4v) is 2.46. The molecule has 0 saturated carbocycles. The predicted octanol–water partition coefficient (Wildman–Crippen LogP) is 1.73. The molecule has 1 fully saturated rings. The van der Waals surface area contributed by atoms with Gasteiger partial charge in [-0.2, -0.15) is 0 Å². The number of hydrogen-bond acceptors (Lipinski definition) is 1. The average Bonchev–Trinajstić information content (AvgIpc) is 2.34. The van der Waals surface area contributed by atoms with Gasteiger partial charge in [0.15, 0.2) is 5.11 Å². The Balaban J connectivity index is 2.49. The van der Waals surface area contributed by atoms with E-state index in [1.54, 1.807) is 0 Å². The van der Waals surface area contributed by atoms with Crippen LogP contribution in [0.5, 0.6) is 0 Å². The summed E-state index contributed by atoms with van der Waals surface area (Å²) in [4.78, 5) is 4.59. The molecule has 0 radical (unpaired) electrons. The van der Waals surface area contributed by atoms with Gasteiger partial charge >= 0.3 is 0 Å². The highest BCUT2D eigenvalue weighted by Crippen LogP contribution is 2.12. The van der Waals surface area contributed by atoms with Crippen LogP contribution in [0.4, 0.5) is 0 Å². The van der Waals surface area contributed by atoms with Crippen molar-refractivity contribution in [2.45, 2.75) is 19.9 Å². The topological polar surface area (TPSA) is 6.48 Å². The Morgan fingerprint density at radius 3 is 2.58 bits per heavy atom. The molecule has 0 atom stereocenters. The molecular weight excluding hydrogens is 283 g/mol. The fraction of sp³-hybridized carbons (Fsp3) is 0.875. The van der Waals surface area contributed by atoms with Crippen molar-refractivity contribution in [3.63, 3.8) is 0 Å². The number of alkyl halides is 1. The smallest absolute Gasteiger partial charge is 0.171 e. The Hall–Kier alpha value is 0.420. The van der Waals surface area contributed by atoms with Crippen molar-refractivity contribution in [3.8, 4) is 0 Å². The average molecular weight is 298 g/mol. The van der Waals surface area contributed by atoms with Gasteiger partial charge < -0.3 is 9.80 Å². The van der Waals surface area contributed by atoms with Gasteiger partial charge in [-0.25, -0.2) is 0 Å². The summed E-state index contributed by atoms with van der Waals surface area (Å²) in [5.74, 6) is 0. The number of hydrogen-bond donors (Lipinski definition) is 0. The first-order valence-electron chi connectivity index (χ1n) is 4.28. The van der Waals surface area contributed by atoms with E-state index in [0.29, 0.717) is 6.04 Å². The van der Waals surface area contributed by atoms with Crippen LogP contribution in [-0.2, 0) is 0 Å². The third-order valence-electron chi connectivity index (χ3n) is 2.10. The molecule has 0 amide bonds. The summed E-state index contributed by atoms with van der Waals surface area (Å²) < 4.78 is 1.16. The molecule has 0 aromatic rings. The lowest BCUT2D eigenvalue weighted by atomic mass is 10.3. The Kier molecular flexibility index (Phi) is 4.02. The number of thiocarbonyl (C=S) groups is 1. The third kappa shape index (κ3) is 2.22. The Morgan fingerprint density at radius 1 is 1.50 bits per heavy atom. The first kappa shape index (κ1) is 10.5. The van der Waals surface area contributed by atoms with E-state index in [2.05, 4.69) is 46.2 Å². The molecule has 12 heavy (non-hydrogen) atoms. The molecule has 1 rings (SSSR count). The van der Waals surface area contributed by atoms with Crippen LogP contribution in [-0.4, -0.2) is 45.0 Å².